The second-order valence-electron chi connectivity index (χ2n) is 7.03. The zero-order valence-corrected chi connectivity index (χ0v) is 19.5. The number of para-hydroxylation sites is 1. The van der Waals surface area contributed by atoms with E-state index in [1.165, 1.54) is 4.57 Å². The van der Waals surface area contributed by atoms with E-state index >= 15 is 8.78 Å². The third-order valence-corrected chi connectivity index (χ3v) is 6.26. The number of anilines is 2. The Morgan fingerprint density at radius 1 is 0.970 bits per heavy atom. The van der Waals surface area contributed by atoms with Crippen LogP contribution in [0.1, 0.15) is 0 Å². The Balaban J connectivity index is 1.82. The summed E-state index contributed by atoms with van der Waals surface area (Å²) in [5.74, 6) is -1.58. The fraction of sp³-hybridized carbons (Fsp3) is 0. The lowest BCUT2D eigenvalue weighted by molar-refractivity contribution is 0.588. The summed E-state index contributed by atoms with van der Waals surface area (Å²) in [5.41, 5.74) is 2.04. The number of benzene rings is 3. The molecule has 0 saturated carbocycles. The van der Waals surface area contributed by atoms with Crippen molar-refractivity contribution in [2.24, 2.45) is 0 Å². The Morgan fingerprint density at radius 3 is 2.48 bits per heavy atom. The number of nitrogens with one attached hydrogen (secondary N) is 3. The summed E-state index contributed by atoms with van der Waals surface area (Å²) < 4.78 is 31.9. The lowest BCUT2D eigenvalue weighted by Crippen LogP contribution is -2.03. The molecular weight excluding hydrogens is 511 g/mol. The molecule has 0 bridgehead atoms. The number of halogens is 5. The second kappa shape index (κ2) is 8.46. The first-order valence-electron chi connectivity index (χ1n) is 9.48. The van der Waals surface area contributed by atoms with Crippen LogP contribution in [0.3, 0.4) is 0 Å². The minimum atomic E-state index is -0.935. The predicted molar refractivity (Wildman–Crippen MR) is 131 cm³/mol. The van der Waals surface area contributed by atoms with Crippen LogP contribution in [0, 0.1) is 16.4 Å². The van der Waals surface area contributed by atoms with E-state index < -0.39 is 11.6 Å². The van der Waals surface area contributed by atoms with Gasteiger partial charge in [-0.3, -0.25) is 4.57 Å². The van der Waals surface area contributed by atoms with Crippen LogP contribution in [0.2, 0.25) is 15.1 Å². The summed E-state index contributed by atoms with van der Waals surface area (Å²) in [6.45, 7) is 0. The molecule has 0 atom stereocenters. The van der Waals surface area contributed by atoms with Crippen molar-refractivity contribution in [3.8, 4) is 16.9 Å². The van der Waals surface area contributed by atoms with Crippen LogP contribution in [0.4, 0.5) is 20.3 Å². The highest BCUT2D eigenvalue weighted by molar-refractivity contribution is 7.71. The Labute approximate surface area is 206 Å². The summed E-state index contributed by atoms with van der Waals surface area (Å²) in [6.07, 6.45) is 1.55. The third kappa shape index (κ3) is 3.79. The van der Waals surface area contributed by atoms with Crippen molar-refractivity contribution in [2.75, 3.05) is 5.32 Å². The van der Waals surface area contributed by atoms with Crippen LogP contribution in [-0.2, 0) is 0 Å². The molecule has 5 rings (SSSR count). The van der Waals surface area contributed by atoms with E-state index in [2.05, 4.69) is 20.3 Å². The van der Waals surface area contributed by atoms with Crippen molar-refractivity contribution >= 4 is 69.6 Å². The molecule has 5 nitrogen and oxygen atoms in total. The highest BCUT2D eigenvalue weighted by Crippen LogP contribution is 2.40. The number of H-pyrrole nitrogens is 2. The molecule has 0 spiro atoms. The van der Waals surface area contributed by atoms with Gasteiger partial charge in [0, 0.05) is 0 Å². The van der Waals surface area contributed by atoms with Gasteiger partial charge in [-0.1, -0.05) is 40.9 Å². The monoisotopic (exact) mass is 521 g/mol. The van der Waals surface area contributed by atoms with E-state index in [-0.39, 0.29) is 26.9 Å². The van der Waals surface area contributed by atoms with E-state index in [1.54, 1.807) is 42.7 Å². The number of hydrogen-bond acceptors (Lipinski definition) is 3. The normalized spacial score (nSPS) is 11.3. The molecule has 5 aromatic rings. The molecule has 11 heteroatoms. The smallest absolute Gasteiger partial charge is 0.183 e. The zero-order valence-electron chi connectivity index (χ0n) is 16.4. The van der Waals surface area contributed by atoms with Crippen molar-refractivity contribution in [3.63, 3.8) is 0 Å². The Hall–Kier alpha value is -2.91. The van der Waals surface area contributed by atoms with Gasteiger partial charge < -0.3 is 15.3 Å². The fourth-order valence-electron chi connectivity index (χ4n) is 3.56. The number of aromatic amines is 2. The summed E-state index contributed by atoms with van der Waals surface area (Å²) in [5, 5.41) is 3.42. The van der Waals surface area contributed by atoms with E-state index in [9.17, 15) is 0 Å². The summed E-state index contributed by atoms with van der Waals surface area (Å²) >= 11 is 24.2. The lowest BCUT2D eigenvalue weighted by Gasteiger charge is -2.15. The molecule has 0 amide bonds. The summed E-state index contributed by atoms with van der Waals surface area (Å²) in [6, 6.07) is 12.5. The van der Waals surface area contributed by atoms with Crippen LogP contribution in [0.15, 0.2) is 54.9 Å². The van der Waals surface area contributed by atoms with E-state index in [0.717, 1.165) is 23.2 Å². The number of aromatic nitrogens is 4. The molecule has 0 fully saturated rings. The van der Waals surface area contributed by atoms with Crippen LogP contribution in [0.5, 0.6) is 0 Å². The number of nitrogens with zero attached hydrogens (tertiary/aromatic N) is 2. The lowest BCUT2D eigenvalue weighted by atomic mass is 10.1. The first-order valence-corrected chi connectivity index (χ1v) is 11.0. The van der Waals surface area contributed by atoms with Crippen LogP contribution in [-0.4, -0.2) is 19.5 Å². The van der Waals surface area contributed by atoms with Crippen molar-refractivity contribution in [3.05, 3.63) is 86.3 Å². The average molecular weight is 523 g/mol. The van der Waals surface area contributed by atoms with Gasteiger partial charge in [0.25, 0.3) is 0 Å². The number of fused-ring (bicyclic) bond motifs is 1. The van der Waals surface area contributed by atoms with E-state index in [1.807, 2.05) is 0 Å². The Morgan fingerprint density at radius 2 is 1.73 bits per heavy atom. The van der Waals surface area contributed by atoms with Crippen LogP contribution in [0.25, 0.3) is 28.0 Å². The predicted octanol–water partition coefficient (Wildman–Crippen LogP) is 8.06. The molecule has 2 heterocycles. The fourth-order valence-corrected chi connectivity index (χ4v) is 4.51. The quantitative estimate of drug-likeness (QED) is 0.165. The first kappa shape index (κ1) is 21.9. The molecular formula is C22H12Cl3F2N5S. The maximum absolute atomic E-state index is 15.2. The molecule has 0 aliphatic rings. The van der Waals surface area contributed by atoms with Gasteiger partial charge in [-0.05, 0) is 54.7 Å². The number of rotatable bonds is 4. The zero-order chi connectivity index (χ0) is 23.3. The molecule has 0 saturated heterocycles. The topological polar surface area (TPSA) is 61.4 Å². The van der Waals surface area contributed by atoms with Crippen molar-refractivity contribution in [1.82, 2.24) is 19.5 Å². The molecule has 0 aliphatic heterocycles. The van der Waals surface area contributed by atoms with Crippen molar-refractivity contribution in [2.45, 2.75) is 0 Å². The molecule has 3 aromatic carbocycles. The van der Waals surface area contributed by atoms with Gasteiger partial charge in [0.1, 0.15) is 17.3 Å². The van der Waals surface area contributed by atoms with Gasteiger partial charge in [-0.2, -0.15) is 0 Å². The minimum absolute atomic E-state index is 0.0763. The van der Waals surface area contributed by atoms with Gasteiger partial charge in [0.05, 0.1) is 49.4 Å². The second-order valence-corrected chi connectivity index (χ2v) is 8.64. The van der Waals surface area contributed by atoms with E-state index in [0.29, 0.717) is 21.4 Å². The van der Waals surface area contributed by atoms with Gasteiger partial charge >= 0.3 is 0 Å². The molecule has 0 unspecified atom stereocenters. The van der Waals surface area contributed by atoms with Crippen molar-refractivity contribution < 1.29 is 8.78 Å². The van der Waals surface area contributed by atoms with Gasteiger partial charge in [0.15, 0.2) is 10.6 Å². The minimum Gasteiger partial charge on any atom is -0.345 e. The summed E-state index contributed by atoms with van der Waals surface area (Å²) in [4.78, 5) is 10.2. The van der Waals surface area contributed by atoms with Crippen molar-refractivity contribution in [1.29, 1.82) is 0 Å². The highest BCUT2D eigenvalue weighted by atomic mass is 35.5. The largest absolute Gasteiger partial charge is 0.345 e. The van der Waals surface area contributed by atoms with Gasteiger partial charge in [-0.25, -0.2) is 13.8 Å². The molecule has 0 aliphatic carbocycles. The number of hydrogen-bond donors (Lipinski definition) is 3. The first-order chi connectivity index (χ1) is 15.8. The highest BCUT2D eigenvalue weighted by Gasteiger charge is 2.25. The molecule has 0 radical (unpaired) electrons. The summed E-state index contributed by atoms with van der Waals surface area (Å²) in [7, 11) is 0. The standard InChI is InChI=1S/C22H12Cl3F2N5S/c23-11-5-6-14(26)17(18(11)27)20-21(30-19-12(24)2-1-3-13(19)25)31-22(33)32(20)10-4-7-15-16(8-10)29-9-28-15/h1-9,30H,(H,28,29)(H,31,33). The maximum Gasteiger partial charge on any atom is 0.183 e. The molecule has 33 heavy (non-hydrogen) atoms. The van der Waals surface area contributed by atoms with Crippen LogP contribution >= 0.6 is 47.0 Å². The Bertz CT molecular complexity index is 1570. The Kier molecular flexibility index (Phi) is 5.62. The molecule has 2 aromatic heterocycles. The maximum atomic E-state index is 15.2. The number of imidazole rings is 2. The van der Waals surface area contributed by atoms with Crippen LogP contribution < -0.4 is 5.32 Å². The van der Waals surface area contributed by atoms with Gasteiger partial charge in [0.2, 0.25) is 0 Å². The average Bonchev–Trinajstić information content (AvgIpc) is 3.37. The van der Waals surface area contributed by atoms with Gasteiger partial charge in [-0.15, -0.1) is 0 Å². The van der Waals surface area contributed by atoms with E-state index in [4.69, 9.17) is 47.0 Å². The molecule has 3 N–H and O–H groups in total. The third-order valence-electron chi connectivity index (χ3n) is 5.05. The molecule has 166 valence electrons. The SMILES string of the molecule is Fc1ccc(Cl)c(F)c1-c1c(Nc2c(Cl)cccc2Cl)[nH]c(=S)n1-c1ccc2nc[nH]c2c1.